The highest BCUT2D eigenvalue weighted by Gasteiger charge is 2.17. The first kappa shape index (κ1) is 15.0. The number of rotatable bonds is 3. The molecule has 1 aromatic carbocycles. The van der Waals surface area contributed by atoms with Gasteiger partial charge in [0.2, 0.25) is 0 Å². The van der Waals surface area contributed by atoms with Crippen molar-refractivity contribution in [2.24, 2.45) is 0 Å². The monoisotopic (exact) mass is 360 g/mol. The molecule has 0 saturated heterocycles. The van der Waals surface area contributed by atoms with E-state index in [2.05, 4.69) is 19.9 Å². The number of hydrogen-bond acceptors (Lipinski definition) is 8. The molecule has 0 unspecified atom stereocenters. The van der Waals surface area contributed by atoms with Crippen LogP contribution in [0.5, 0.6) is 11.5 Å². The number of nitrogens with zero attached hydrogens (tertiary/aromatic N) is 3. The molecule has 0 bridgehead atoms. The van der Waals surface area contributed by atoms with Gasteiger partial charge in [0.1, 0.15) is 18.1 Å². The molecule has 4 rings (SSSR count). The van der Waals surface area contributed by atoms with Crippen molar-refractivity contribution in [3.05, 3.63) is 34.2 Å². The Morgan fingerprint density at radius 1 is 1.25 bits per heavy atom. The van der Waals surface area contributed by atoms with Crippen molar-refractivity contribution in [3.63, 3.8) is 0 Å². The summed E-state index contributed by atoms with van der Waals surface area (Å²) in [5.74, 6) is 1.20. The molecule has 0 fully saturated rings. The Hall–Kier alpha value is -2.52. The zero-order valence-corrected chi connectivity index (χ0v) is 14.2. The lowest BCUT2D eigenvalue weighted by atomic mass is 10.1. The number of anilines is 1. The molecular weight excluding hydrogens is 348 g/mol. The van der Waals surface area contributed by atoms with Crippen LogP contribution in [0.2, 0.25) is 0 Å². The number of ether oxygens (including phenoxy) is 2. The van der Waals surface area contributed by atoms with E-state index in [4.69, 9.17) is 9.47 Å². The van der Waals surface area contributed by atoms with E-state index in [0.717, 1.165) is 28.5 Å². The third-order valence-electron chi connectivity index (χ3n) is 3.42. The lowest BCUT2D eigenvalue weighted by Gasteiger charge is -2.18. The van der Waals surface area contributed by atoms with Crippen LogP contribution in [0.3, 0.4) is 0 Å². The van der Waals surface area contributed by atoms with Crippen LogP contribution in [0.15, 0.2) is 23.6 Å². The second-order valence-corrected chi connectivity index (χ2v) is 6.65. The van der Waals surface area contributed by atoms with Crippen LogP contribution in [-0.2, 0) is 0 Å². The molecule has 3 aromatic rings. The molecule has 9 heteroatoms. The van der Waals surface area contributed by atoms with Crippen molar-refractivity contribution in [2.45, 2.75) is 6.92 Å². The summed E-state index contributed by atoms with van der Waals surface area (Å²) in [6, 6.07) is 5.69. The largest absolute Gasteiger partial charge is 0.486 e. The van der Waals surface area contributed by atoms with Crippen LogP contribution in [0.1, 0.15) is 15.4 Å². The van der Waals surface area contributed by atoms with Crippen LogP contribution in [0.4, 0.5) is 5.13 Å². The SMILES string of the molecule is Cc1nnsc1C(=O)Nc1nc(-c2ccc3c(c2)OCCO3)cs1. The molecule has 2 aromatic heterocycles. The van der Waals surface area contributed by atoms with E-state index in [0.29, 0.717) is 34.7 Å². The van der Waals surface area contributed by atoms with Gasteiger partial charge in [-0.05, 0) is 36.7 Å². The van der Waals surface area contributed by atoms with E-state index in [-0.39, 0.29) is 5.91 Å². The Labute approximate surface area is 145 Å². The summed E-state index contributed by atoms with van der Waals surface area (Å²) in [5.41, 5.74) is 2.29. The van der Waals surface area contributed by atoms with Crippen molar-refractivity contribution in [2.75, 3.05) is 18.5 Å². The average Bonchev–Trinajstić information content (AvgIpc) is 3.23. The molecular formula is C15H12N4O3S2. The maximum Gasteiger partial charge on any atom is 0.271 e. The number of hydrogen-bond donors (Lipinski definition) is 1. The maximum absolute atomic E-state index is 12.2. The highest BCUT2D eigenvalue weighted by atomic mass is 32.1. The van der Waals surface area contributed by atoms with Gasteiger partial charge in [-0.15, -0.1) is 16.4 Å². The minimum Gasteiger partial charge on any atom is -0.486 e. The van der Waals surface area contributed by atoms with Crippen LogP contribution >= 0.6 is 22.9 Å². The van der Waals surface area contributed by atoms with Crippen molar-refractivity contribution < 1.29 is 14.3 Å². The lowest BCUT2D eigenvalue weighted by molar-refractivity contribution is 0.103. The molecule has 7 nitrogen and oxygen atoms in total. The summed E-state index contributed by atoms with van der Waals surface area (Å²) >= 11 is 2.43. The molecule has 0 radical (unpaired) electrons. The zero-order chi connectivity index (χ0) is 16.5. The van der Waals surface area contributed by atoms with Crippen LogP contribution in [-0.4, -0.2) is 33.7 Å². The standard InChI is InChI=1S/C15H12N4O3S2/c1-8-13(24-19-18-8)14(20)17-15-16-10(7-23-15)9-2-3-11-12(6-9)22-5-4-21-11/h2-3,6-7H,4-5H2,1H3,(H,16,17,20). The molecule has 0 aliphatic carbocycles. The van der Waals surface area contributed by atoms with Crippen LogP contribution in [0, 0.1) is 6.92 Å². The van der Waals surface area contributed by atoms with E-state index in [9.17, 15) is 4.79 Å². The summed E-state index contributed by atoms with van der Waals surface area (Å²) in [7, 11) is 0. The highest BCUT2D eigenvalue weighted by molar-refractivity contribution is 7.14. The molecule has 122 valence electrons. The summed E-state index contributed by atoms with van der Waals surface area (Å²) in [6.45, 7) is 2.85. The van der Waals surface area contributed by atoms with Gasteiger partial charge in [0, 0.05) is 10.9 Å². The topological polar surface area (TPSA) is 86.2 Å². The first-order valence-corrected chi connectivity index (χ1v) is 8.82. The Bertz CT molecular complexity index is 906. The molecule has 0 spiro atoms. The first-order valence-electron chi connectivity index (χ1n) is 7.16. The fraction of sp³-hybridized carbons (Fsp3) is 0.200. The second-order valence-electron chi connectivity index (χ2n) is 5.04. The molecule has 3 heterocycles. The molecule has 0 saturated carbocycles. The number of carbonyl (C=O) groups excluding carboxylic acids is 1. The van der Waals surface area contributed by atoms with E-state index < -0.39 is 0 Å². The van der Waals surface area contributed by atoms with Gasteiger partial charge in [-0.3, -0.25) is 10.1 Å². The Morgan fingerprint density at radius 3 is 2.88 bits per heavy atom. The normalized spacial score (nSPS) is 12.9. The van der Waals surface area contributed by atoms with Gasteiger partial charge in [0.25, 0.3) is 5.91 Å². The molecule has 24 heavy (non-hydrogen) atoms. The second kappa shape index (κ2) is 6.17. The number of amides is 1. The van der Waals surface area contributed by atoms with E-state index in [1.165, 1.54) is 11.3 Å². The van der Waals surface area contributed by atoms with Crippen molar-refractivity contribution in [3.8, 4) is 22.8 Å². The minimum absolute atomic E-state index is 0.245. The average molecular weight is 360 g/mol. The fourth-order valence-corrected chi connectivity index (χ4v) is 3.53. The van der Waals surface area contributed by atoms with Gasteiger partial charge in [-0.1, -0.05) is 4.49 Å². The smallest absolute Gasteiger partial charge is 0.271 e. The summed E-state index contributed by atoms with van der Waals surface area (Å²) in [6.07, 6.45) is 0. The highest BCUT2D eigenvalue weighted by Crippen LogP contribution is 2.35. The van der Waals surface area contributed by atoms with Gasteiger partial charge >= 0.3 is 0 Å². The number of carbonyl (C=O) groups is 1. The third-order valence-corrected chi connectivity index (χ3v) is 5.00. The van der Waals surface area contributed by atoms with E-state index in [1.54, 1.807) is 6.92 Å². The van der Waals surface area contributed by atoms with Crippen molar-refractivity contribution >= 4 is 33.9 Å². The van der Waals surface area contributed by atoms with Gasteiger partial charge in [-0.25, -0.2) is 4.98 Å². The number of benzene rings is 1. The Morgan fingerprint density at radius 2 is 2.08 bits per heavy atom. The maximum atomic E-state index is 12.2. The van der Waals surface area contributed by atoms with Gasteiger partial charge in [0.15, 0.2) is 16.6 Å². The number of nitrogens with one attached hydrogen (secondary N) is 1. The third kappa shape index (κ3) is 2.83. The Balaban J connectivity index is 1.54. The number of thiazole rings is 1. The van der Waals surface area contributed by atoms with E-state index >= 15 is 0 Å². The summed E-state index contributed by atoms with van der Waals surface area (Å²) < 4.78 is 14.9. The quantitative estimate of drug-likeness (QED) is 0.773. The molecule has 1 N–H and O–H groups in total. The Kier molecular flexibility index (Phi) is 3.87. The number of fused-ring (bicyclic) bond motifs is 1. The molecule has 1 aliphatic heterocycles. The fourth-order valence-electron chi connectivity index (χ4n) is 2.26. The van der Waals surface area contributed by atoms with Gasteiger partial charge < -0.3 is 9.47 Å². The molecule has 0 atom stereocenters. The molecule has 1 amide bonds. The van der Waals surface area contributed by atoms with Crippen molar-refractivity contribution in [1.29, 1.82) is 0 Å². The first-order chi connectivity index (χ1) is 11.7. The number of aromatic nitrogens is 3. The predicted molar refractivity (Wildman–Crippen MR) is 91.1 cm³/mol. The summed E-state index contributed by atoms with van der Waals surface area (Å²) in [4.78, 5) is 17.1. The van der Waals surface area contributed by atoms with E-state index in [1.807, 2.05) is 23.6 Å². The number of aryl methyl sites for hydroxylation is 1. The molecule has 1 aliphatic rings. The zero-order valence-electron chi connectivity index (χ0n) is 12.6. The van der Waals surface area contributed by atoms with Crippen LogP contribution < -0.4 is 14.8 Å². The minimum atomic E-state index is -0.245. The van der Waals surface area contributed by atoms with Crippen LogP contribution in [0.25, 0.3) is 11.3 Å². The lowest BCUT2D eigenvalue weighted by Crippen LogP contribution is -2.15. The summed E-state index contributed by atoms with van der Waals surface area (Å²) in [5, 5.41) is 9.03. The van der Waals surface area contributed by atoms with Gasteiger partial charge in [0.05, 0.1) is 11.4 Å². The predicted octanol–water partition coefficient (Wildman–Crippen LogP) is 2.99. The van der Waals surface area contributed by atoms with Crippen molar-refractivity contribution in [1.82, 2.24) is 14.6 Å². The van der Waals surface area contributed by atoms with Gasteiger partial charge in [-0.2, -0.15) is 0 Å².